The Labute approximate surface area is 130 Å². The molecule has 0 radical (unpaired) electrons. The van der Waals surface area contributed by atoms with E-state index in [0.29, 0.717) is 18.0 Å². The molecule has 0 aliphatic heterocycles. The summed E-state index contributed by atoms with van der Waals surface area (Å²) < 4.78 is 10.6. The Bertz CT molecular complexity index is 573. The monoisotopic (exact) mass is 306 g/mol. The summed E-state index contributed by atoms with van der Waals surface area (Å²) in [5.74, 6) is 1.38. The number of ether oxygens (including phenoxy) is 2. The first-order valence-corrected chi connectivity index (χ1v) is 7.13. The molecule has 0 aliphatic rings. The predicted molar refractivity (Wildman–Crippen MR) is 84.2 cm³/mol. The number of hydrogen-bond acceptors (Lipinski definition) is 4. The second kappa shape index (κ2) is 7.86. The summed E-state index contributed by atoms with van der Waals surface area (Å²) in [5.41, 5.74) is 2.09. The van der Waals surface area contributed by atoms with Crippen LogP contribution in [-0.2, 0) is 13.0 Å². The molecule has 1 aromatic heterocycles. The Morgan fingerprint density at radius 1 is 1.10 bits per heavy atom. The van der Waals surface area contributed by atoms with E-state index in [1.807, 2.05) is 24.3 Å². The summed E-state index contributed by atoms with van der Waals surface area (Å²) in [6, 6.07) is 9.67. The number of rotatable bonds is 7. The third kappa shape index (κ3) is 4.34. The van der Waals surface area contributed by atoms with Crippen LogP contribution in [0, 0.1) is 0 Å². The van der Waals surface area contributed by atoms with E-state index < -0.39 is 0 Å². The molecule has 1 aromatic carbocycles. The number of methoxy groups -OCH3 is 2. The fraction of sp³-hybridized carbons (Fsp3) is 0.312. The van der Waals surface area contributed by atoms with Crippen molar-refractivity contribution in [2.24, 2.45) is 0 Å². The van der Waals surface area contributed by atoms with Crippen molar-refractivity contribution in [3.63, 3.8) is 0 Å². The molecule has 0 fully saturated rings. The van der Waals surface area contributed by atoms with Crippen LogP contribution in [0.2, 0.25) is 5.02 Å². The third-order valence-electron chi connectivity index (χ3n) is 3.16. The lowest BCUT2D eigenvalue weighted by molar-refractivity contribution is 0.348. The lowest BCUT2D eigenvalue weighted by Crippen LogP contribution is -2.18. The van der Waals surface area contributed by atoms with Gasteiger partial charge in [-0.05, 0) is 30.7 Å². The van der Waals surface area contributed by atoms with Crippen molar-refractivity contribution in [1.29, 1.82) is 0 Å². The number of nitrogens with zero attached hydrogens (tertiary/aromatic N) is 1. The van der Waals surface area contributed by atoms with E-state index >= 15 is 0 Å². The van der Waals surface area contributed by atoms with Crippen molar-refractivity contribution in [1.82, 2.24) is 10.3 Å². The van der Waals surface area contributed by atoms with Crippen molar-refractivity contribution in [3.8, 4) is 11.5 Å². The summed E-state index contributed by atoms with van der Waals surface area (Å²) in [4.78, 5) is 4.33. The van der Waals surface area contributed by atoms with Crippen LogP contribution >= 0.6 is 11.6 Å². The van der Waals surface area contributed by atoms with Crippen molar-refractivity contribution >= 4 is 11.6 Å². The highest BCUT2D eigenvalue weighted by Gasteiger charge is 2.10. The van der Waals surface area contributed by atoms with E-state index in [9.17, 15) is 0 Å². The summed E-state index contributed by atoms with van der Waals surface area (Å²) in [6.07, 6.45) is 2.65. The van der Waals surface area contributed by atoms with E-state index in [2.05, 4.69) is 10.3 Å². The van der Waals surface area contributed by atoms with Gasteiger partial charge in [0.05, 0.1) is 19.9 Å². The summed E-state index contributed by atoms with van der Waals surface area (Å²) in [6.45, 7) is 1.48. The molecule has 0 spiro atoms. The maximum atomic E-state index is 5.87. The molecule has 2 rings (SSSR count). The lowest BCUT2D eigenvalue weighted by Gasteiger charge is -2.12. The van der Waals surface area contributed by atoms with Gasteiger partial charge >= 0.3 is 0 Å². The molecule has 0 amide bonds. The molecule has 4 nitrogen and oxygen atoms in total. The van der Waals surface area contributed by atoms with Crippen LogP contribution in [0.1, 0.15) is 11.3 Å². The van der Waals surface area contributed by atoms with Crippen LogP contribution in [-0.4, -0.2) is 25.7 Å². The van der Waals surface area contributed by atoms with Crippen molar-refractivity contribution < 1.29 is 9.47 Å². The molecule has 1 N–H and O–H groups in total. The molecule has 0 saturated carbocycles. The molecule has 1 heterocycles. The van der Waals surface area contributed by atoms with Gasteiger partial charge in [0, 0.05) is 23.8 Å². The van der Waals surface area contributed by atoms with Gasteiger partial charge in [-0.1, -0.05) is 23.7 Å². The fourth-order valence-electron chi connectivity index (χ4n) is 2.07. The Morgan fingerprint density at radius 3 is 2.52 bits per heavy atom. The zero-order valence-corrected chi connectivity index (χ0v) is 13.0. The maximum absolute atomic E-state index is 5.87. The van der Waals surface area contributed by atoms with Crippen LogP contribution < -0.4 is 14.8 Å². The molecule has 2 aromatic rings. The number of halogens is 1. The molecule has 0 unspecified atom stereocenters. The standard InChI is InChI=1S/C16H19ClN2O2/c1-20-15-8-10-19-14(16(15)21-2)11-18-9-7-12-3-5-13(17)6-4-12/h3-6,8,10,18H,7,9,11H2,1-2H3. The first kappa shape index (κ1) is 15.6. The molecule has 5 heteroatoms. The minimum atomic E-state index is 0.633. The van der Waals surface area contributed by atoms with Crippen LogP contribution in [0.25, 0.3) is 0 Å². The number of nitrogens with one attached hydrogen (secondary N) is 1. The smallest absolute Gasteiger partial charge is 0.183 e. The fourth-order valence-corrected chi connectivity index (χ4v) is 2.19. The number of benzene rings is 1. The zero-order chi connectivity index (χ0) is 15.1. The minimum absolute atomic E-state index is 0.633. The molecule has 0 bridgehead atoms. The zero-order valence-electron chi connectivity index (χ0n) is 12.2. The number of hydrogen-bond donors (Lipinski definition) is 1. The van der Waals surface area contributed by atoms with Crippen LogP contribution in [0.5, 0.6) is 11.5 Å². The van der Waals surface area contributed by atoms with E-state index in [0.717, 1.165) is 23.7 Å². The first-order valence-electron chi connectivity index (χ1n) is 6.75. The van der Waals surface area contributed by atoms with Gasteiger partial charge in [-0.15, -0.1) is 0 Å². The Hall–Kier alpha value is -1.78. The maximum Gasteiger partial charge on any atom is 0.183 e. The Morgan fingerprint density at radius 2 is 1.86 bits per heavy atom. The number of pyridine rings is 1. The molecule has 0 aliphatic carbocycles. The first-order chi connectivity index (χ1) is 10.2. The van der Waals surface area contributed by atoms with Gasteiger partial charge in [-0.3, -0.25) is 4.98 Å². The largest absolute Gasteiger partial charge is 0.493 e. The quantitative estimate of drug-likeness (QED) is 0.798. The third-order valence-corrected chi connectivity index (χ3v) is 3.41. The van der Waals surface area contributed by atoms with Crippen LogP contribution in [0.3, 0.4) is 0 Å². The van der Waals surface area contributed by atoms with Gasteiger partial charge in [0.25, 0.3) is 0 Å². The van der Waals surface area contributed by atoms with Crippen molar-refractivity contribution in [2.45, 2.75) is 13.0 Å². The highest BCUT2D eigenvalue weighted by molar-refractivity contribution is 6.30. The van der Waals surface area contributed by atoms with Crippen LogP contribution in [0.15, 0.2) is 36.5 Å². The second-order valence-electron chi connectivity index (χ2n) is 4.55. The van der Waals surface area contributed by atoms with Crippen LogP contribution in [0.4, 0.5) is 0 Å². The van der Waals surface area contributed by atoms with E-state index in [4.69, 9.17) is 21.1 Å². The topological polar surface area (TPSA) is 43.4 Å². The van der Waals surface area contributed by atoms with Gasteiger partial charge in [-0.25, -0.2) is 0 Å². The normalized spacial score (nSPS) is 10.4. The lowest BCUT2D eigenvalue weighted by atomic mass is 10.1. The van der Waals surface area contributed by atoms with Gasteiger partial charge in [0.15, 0.2) is 11.5 Å². The highest BCUT2D eigenvalue weighted by atomic mass is 35.5. The predicted octanol–water partition coefficient (Wildman–Crippen LogP) is 3.08. The Balaban J connectivity index is 1.87. The van der Waals surface area contributed by atoms with Crippen molar-refractivity contribution in [2.75, 3.05) is 20.8 Å². The van der Waals surface area contributed by atoms with Gasteiger partial charge < -0.3 is 14.8 Å². The van der Waals surface area contributed by atoms with Gasteiger partial charge in [-0.2, -0.15) is 0 Å². The molecule has 0 atom stereocenters. The molecular formula is C16H19ClN2O2. The SMILES string of the molecule is COc1ccnc(CNCCc2ccc(Cl)cc2)c1OC. The van der Waals surface area contributed by atoms with E-state index in [1.54, 1.807) is 26.5 Å². The summed E-state index contributed by atoms with van der Waals surface area (Å²) in [7, 11) is 3.24. The molecule has 112 valence electrons. The summed E-state index contributed by atoms with van der Waals surface area (Å²) >= 11 is 5.87. The minimum Gasteiger partial charge on any atom is -0.493 e. The Kier molecular flexibility index (Phi) is 5.84. The average molecular weight is 307 g/mol. The van der Waals surface area contributed by atoms with Crippen molar-refractivity contribution in [3.05, 3.63) is 52.8 Å². The number of aromatic nitrogens is 1. The van der Waals surface area contributed by atoms with Gasteiger partial charge in [0.1, 0.15) is 0 Å². The second-order valence-corrected chi connectivity index (χ2v) is 4.98. The average Bonchev–Trinajstić information content (AvgIpc) is 2.52. The van der Waals surface area contributed by atoms with Gasteiger partial charge in [0.2, 0.25) is 0 Å². The highest BCUT2D eigenvalue weighted by Crippen LogP contribution is 2.28. The molecular weight excluding hydrogens is 288 g/mol. The summed E-state index contributed by atoms with van der Waals surface area (Å²) in [5, 5.41) is 4.12. The van der Waals surface area contributed by atoms with E-state index in [-0.39, 0.29) is 0 Å². The molecule has 21 heavy (non-hydrogen) atoms. The molecule has 0 saturated heterocycles. The van der Waals surface area contributed by atoms with E-state index in [1.165, 1.54) is 5.56 Å².